The summed E-state index contributed by atoms with van der Waals surface area (Å²) in [5.41, 5.74) is 1.02. The fourth-order valence-corrected chi connectivity index (χ4v) is 1.37. The summed E-state index contributed by atoms with van der Waals surface area (Å²) in [6.45, 7) is 4.40. The molecule has 0 aliphatic rings. The van der Waals surface area contributed by atoms with Crippen LogP contribution >= 0.6 is 11.6 Å². The third-order valence-corrected chi connectivity index (χ3v) is 2.41. The van der Waals surface area contributed by atoms with Crippen LogP contribution < -0.4 is 0 Å². The number of hydrogen-bond donors (Lipinski definition) is 0. The Labute approximate surface area is 78.5 Å². The zero-order valence-electron chi connectivity index (χ0n) is 7.84. The van der Waals surface area contributed by atoms with Crippen molar-refractivity contribution in [3.8, 4) is 0 Å². The number of hydrogen-bond acceptors (Lipinski definition) is 1. The van der Waals surface area contributed by atoms with Crippen molar-refractivity contribution in [3.63, 3.8) is 0 Å². The summed E-state index contributed by atoms with van der Waals surface area (Å²) >= 11 is 5.96. The molecule has 2 nitrogen and oxygen atoms in total. The number of aromatic nitrogens is 2. The Balaban J connectivity index is 2.68. The van der Waals surface area contributed by atoms with Crippen LogP contribution in [0.1, 0.15) is 26.0 Å². The second-order valence-electron chi connectivity index (χ2n) is 3.31. The van der Waals surface area contributed by atoms with E-state index in [0.29, 0.717) is 5.92 Å². The second kappa shape index (κ2) is 3.94. The van der Waals surface area contributed by atoms with E-state index in [-0.39, 0.29) is 0 Å². The molecule has 0 aromatic carbocycles. The molecule has 0 radical (unpaired) electrons. The summed E-state index contributed by atoms with van der Waals surface area (Å²) in [4.78, 5) is 0. The Morgan fingerprint density at radius 2 is 2.33 bits per heavy atom. The van der Waals surface area contributed by atoms with Gasteiger partial charge in [0.25, 0.3) is 0 Å². The van der Waals surface area contributed by atoms with Gasteiger partial charge in [0.15, 0.2) is 0 Å². The first-order valence-corrected chi connectivity index (χ1v) is 4.69. The van der Waals surface area contributed by atoms with Gasteiger partial charge in [0.1, 0.15) is 0 Å². The topological polar surface area (TPSA) is 17.8 Å². The van der Waals surface area contributed by atoms with Crippen molar-refractivity contribution in [1.29, 1.82) is 0 Å². The van der Waals surface area contributed by atoms with Crippen LogP contribution in [-0.2, 0) is 13.5 Å². The summed E-state index contributed by atoms with van der Waals surface area (Å²) in [6.07, 6.45) is 4.00. The van der Waals surface area contributed by atoms with Gasteiger partial charge in [-0.05, 0) is 12.3 Å². The molecule has 1 atom stereocenters. The molecule has 0 saturated carbocycles. The van der Waals surface area contributed by atoms with Gasteiger partial charge in [-0.25, -0.2) is 0 Å². The molecule has 0 N–H and O–H groups in total. The first kappa shape index (κ1) is 9.59. The molecule has 1 rings (SSSR count). The molecule has 1 aromatic rings. The van der Waals surface area contributed by atoms with Crippen LogP contribution in [-0.4, -0.2) is 9.78 Å². The molecule has 1 heterocycles. The smallest absolute Gasteiger partial charge is 0.0817 e. The molecule has 0 amide bonds. The van der Waals surface area contributed by atoms with Crippen LogP contribution in [0.15, 0.2) is 6.20 Å². The lowest BCUT2D eigenvalue weighted by Gasteiger charge is -2.04. The molecule has 1 aromatic heterocycles. The normalized spacial score (nSPS) is 13.3. The highest BCUT2D eigenvalue weighted by Gasteiger charge is 2.08. The van der Waals surface area contributed by atoms with Crippen molar-refractivity contribution < 1.29 is 0 Å². The van der Waals surface area contributed by atoms with Gasteiger partial charge in [0, 0.05) is 13.2 Å². The zero-order valence-corrected chi connectivity index (χ0v) is 8.60. The van der Waals surface area contributed by atoms with Gasteiger partial charge in [0.05, 0.1) is 10.7 Å². The fraction of sp³-hybridized carbons (Fsp3) is 0.667. The van der Waals surface area contributed by atoms with E-state index in [0.717, 1.165) is 17.1 Å². The van der Waals surface area contributed by atoms with E-state index in [2.05, 4.69) is 18.9 Å². The van der Waals surface area contributed by atoms with Gasteiger partial charge >= 0.3 is 0 Å². The maximum atomic E-state index is 5.96. The van der Waals surface area contributed by atoms with Gasteiger partial charge in [0.2, 0.25) is 0 Å². The molecule has 12 heavy (non-hydrogen) atoms. The Bertz CT molecular complexity index is 255. The molecule has 0 aliphatic carbocycles. The number of aryl methyl sites for hydroxylation is 1. The molecular formula is C9H15ClN2. The van der Waals surface area contributed by atoms with E-state index in [1.54, 1.807) is 4.68 Å². The van der Waals surface area contributed by atoms with Crippen molar-refractivity contribution >= 4 is 11.6 Å². The van der Waals surface area contributed by atoms with Crippen LogP contribution in [0.2, 0.25) is 5.02 Å². The summed E-state index contributed by atoms with van der Waals surface area (Å²) in [5, 5.41) is 5.07. The lowest BCUT2D eigenvalue weighted by atomic mass is 10.0. The monoisotopic (exact) mass is 186 g/mol. The van der Waals surface area contributed by atoms with Crippen LogP contribution in [0.25, 0.3) is 0 Å². The Hall–Kier alpha value is -0.500. The summed E-state index contributed by atoms with van der Waals surface area (Å²) in [7, 11) is 1.89. The van der Waals surface area contributed by atoms with E-state index in [4.69, 9.17) is 11.6 Å². The largest absolute Gasteiger partial charge is 0.274 e. The van der Waals surface area contributed by atoms with Gasteiger partial charge in [-0.15, -0.1) is 0 Å². The van der Waals surface area contributed by atoms with Crippen molar-refractivity contribution in [2.45, 2.75) is 26.7 Å². The van der Waals surface area contributed by atoms with Crippen molar-refractivity contribution in [3.05, 3.63) is 16.9 Å². The Morgan fingerprint density at radius 1 is 1.67 bits per heavy atom. The van der Waals surface area contributed by atoms with Crippen molar-refractivity contribution in [2.75, 3.05) is 0 Å². The first-order chi connectivity index (χ1) is 5.63. The standard InChI is InChI=1S/C9H15ClN2/c1-4-7(2)5-9-8(10)6-12(3)11-9/h6-7H,4-5H2,1-3H3. The Kier molecular flexibility index (Phi) is 3.15. The van der Waals surface area contributed by atoms with Gasteiger partial charge in [-0.3, -0.25) is 4.68 Å². The zero-order chi connectivity index (χ0) is 9.14. The van der Waals surface area contributed by atoms with Crippen LogP contribution in [0, 0.1) is 5.92 Å². The van der Waals surface area contributed by atoms with Crippen molar-refractivity contribution in [2.24, 2.45) is 13.0 Å². The molecule has 0 bridgehead atoms. The first-order valence-electron chi connectivity index (χ1n) is 4.31. The van der Waals surface area contributed by atoms with Gasteiger partial charge in [-0.1, -0.05) is 31.9 Å². The average molecular weight is 187 g/mol. The SMILES string of the molecule is CCC(C)Cc1nn(C)cc1Cl. The van der Waals surface area contributed by atoms with E-state index < -0.39 is 0 Å². The van der Waals surface area contributed by atoms with E-state index in [1.807, 2.05) is 13.2 Å². The highest BCUT2D eigenvalue weighted by atomic mass is 35.5. The maximum Gasteiger partial charge on any atom is 0.0817 e. The molecule has 1 unspecified atom stereocenters. The number of halogens is 1. The average Bonchev–Trinajstić information content (AvgIpc) is 2.30. The lowest BCUT2D eigenvalue weighted by molar-refractivity contribution is 0.547. The molecule has 68 valence electrons. The summed E-state index contributed by atoms with van der Waals surface area (Å²) in [5.74, 6) is 0.664. The maximum absolute atomic E-state index is 5.96. The third-order valence-electron chi connectivity index (χ3n) is 2.09. The highest BCUT2D eigenvalue weighted by Crippen LogP contribution is 2.18. The predicted octanol–water partition coefficient (Wildman–Crippen LogP) is 2.66. The number of nitrogens with zero attached hydrogens (tertiary/aromatic N) is 2. The second-order valence-corrected chi connectivity index (χ2v) is 3.72. The summed E-state index contributed by atoms with van der Waals surface area (Å²) < 4.78 is 1.76. The molecule has 0 fully saturated rings. The summed E-state index contributed by atoms with van der Waals surface area (Å²) in [6, 6.07) is 0. The van der Waals surface area contributed by atoms with E-state index in [1.165, 1.54) is 6.42 Å². The minimum Gasteiger partial charge on any atom is -0.274 e. The number of rotatable bonds is 3. The molecule has 0 saturated heterocycles. The molecule has 0 aliphatic heterocycles. The van der Waals surface area contributed by atoms with E-state index in [9.17, 15) is 0 Å². The van der Waals surface area contributed by atoms with E-state index >= 15 is 0 Å². The van der Waals surface area contributed by atoms with Crippen LogP contribution in [0.5, 0.6) is 0 Å². The van der Waals surface area contributed by atoms with Gasteiger partial charge in [-0.2, -0.15) is 5.10 Å². The quantitative estimate of drug-likeness (QED) is 0.710. The van der Waals surface area contributed by atoms with Crippen LogP contribution in [0.4, 0.5) is 0 Å². The lowest BCUT2D eigenvalue weighted by Crippen LogP contribution is -1.99. The molecule has 3 heteroatoms. The fourth-order valence-electron chi connectivity index (χ4n) is 1.12. The minimum absolute atomic E-state index is 0.664. The highest BCUT2D eigenvalue weighted by molar-refractivity contribution is 6.31. The minimum atomic E-state index is 0.664. The predicted molar refractivity (Wildman–Crippen MR) is 51.4 cm³/mol. The Morgan fingerprint density at radius 3 is 2.75 bits per heavy atom. The molecule has 0 spiro atoms. The third kappa shape index (κ3) is 2.24. The van der Waals surface area contributed by atoms with Crippen molar-refractivity contribution in [1.82, 2.24) is 9.78 Å². The molecular weight excluding hydrogens is 172 g/mol. The van der Waals surface area contributed by atoms with Crippen LogP contribution in [0.3, 0.4) is 0 Å². The van der Waals surface area contributed by atoms with Gasteiger partial charge < -0.3 is 0 Å².